The quantitative estimate of drug-likeness (QED) is 0.515. The predicted molar refractivity (Wildman–Crippen MR) is 62.9 cm³/mol. The van der Waals surface area contributed by atoms with Gasteiger partial charge in [-0.1, -0.05) is 6.92 Å². The molecule has 0 saturated heterocycles. The molecule has 19 heavy (non-hydrogen) atoms. The first-order chi connectivity index (χ1) is 8.77. The topological polar surface area (TPSA) is 29.1 Å². The third-order valence-corrected chi connectivity index (χ3v) is 4.00. The highest BCUT2D eigenvalue weighted by Gasteiger charge is 2.25. The molecule has 2 nitrogen and oxygen atoms in total. The number of rotatable bonds is 5. The number of anilines is 1. The highest BCUT2D eigenvalue weighted by molar-refractivity contribution is 7.84. The summed E-state index contributed by atoms with van der Waals surface area (Å²) >= 11 is 0. The van der Waals surface area contributed by atoms with Crippen LogP contribution in [0.25, 0.3) is 0 Å². The van der Waals surface area contributed by atoms with Gasteiger partial charge in [-0.2, -0.15) is 0 Å². The van der Waals surface area contributed by atoms with E-state index in [0.29, 0.717) is 0 Å². The van der Waals surface area contributed by atoms with Crippen LogP contribution in [0.3, 0.4) is 0 Å². The first-order valence-corrected chi connectivity index (χ1v) is 6.97. The standard InChI is InChI=1S/C11H12F5NOS/c1-5(19(2)18)3-4-17-11-9(15)7(13)6(12)8(14)10(11)16/h5,17H,3-4H2,1-2H3. The van der Waals surface area contributed by atoms with E-state index < -0.39 is 45.6 Å². The molecule has 0 spiro atoms. The maximum Gasteiger partial charge on any atom is 0.200 e. The van der Waals surface area contributed by atoms with E-state index in [9.17, 15) is 26.2 Å². The van der Waals surface area contributed by atoms with Crippen molar-refractivity contribution in [3.63, 3.8) is 0 Å². The summed E-state index contributed by atoms with van der Waals surface area (Å²) < 4.78 is 76.0. The van der Waals surface area contributed by atoms with E-state index in [4.69, 9.17) is 0 Å². The van der Waals surface area contributed by atoms with E-state index in [1.54, 1.807) is 6.92 Å². The van der Waals surface area contributed by atoms with Crippen LogP contribution in [0.1, 0.15) is 13.3 Å². The number of benzene rings is 1. The Balaban J connectivity index is 2.88. The molecule has 0 aliphatic carbocycles. The minimum Gasteiger partial charge on any atom is -0.380 e. The van der Waals surface area contributed by atoms with Crippen LogP contribution in [0.15, 0.2) is 0 Å². The van der Waals surface area contributed by atoms with E-state index >= 15 is 0 Å². The van der Waals surface area contributed by atoms with Gasteiger partial charge >= 0.3 is 0 Å². The van der Waals surface area contributed by atoms with E-state index in [-0.39, 0.29) is 18.2 Å². The van der Waals surface area contributed by atoms with Crippen LogP contribution in [0.2, 0.25) is 0 Å². The van der Waals surface area contributed by atoms with E-state index in [1.165, 1.54) is 6.26 Å². The average molecular weight is 301 g/mol. The smallest absolute Gasteiger partial charge is 0.200 e. The Kier molecular flexibility index (Phi) is 5.28. The lowest BCUT2D eigenvalue weighted by atomic mass is 10.2. The first kappa shape index (κ1) is 15.9. The average Bonchev–Trinajstić information content (AvgIpc) is 2.37. The minimum atomic E-state index is -2.19. The number of hydrogen-bond acceptors (Lipinski definition) is 2. The van der Waals surface area contributed by atoms with Gasteiger partial charge in [-0.05, 0) is 6.42 Å². The van der Waals surface area contributed by atoms with Crippen molar-refractivity contribution < 1.29 is 26.2 Å². The van der Waals surface area contributed by atoms with Gasteiger partial charge in [0.25, 0.3) is 0 Å². The lowest BCUT2D eigenvalue weighted by Gasteiger charge is -2.12. The number of halogens is 5. The minimum absolute atomic E-state index is 0.0564. The van der Waals surface area contributed by atoms with Crippen LogP contribution in [-0.4, -0.2) is 22.3 Å². The summed E-state index contributed by atoms with van der Waals surface area (Å²) in [6, 6.07) is 0. The molecule has 0 aliphatic heterocycles. The zero-order valence-electron chi connectivity index (χ0n) is 10.2. The van der Waals surface area contributed by atoms with Crippen LogP contribution in [0, 0.1) is 29.1 Å². The highest BCUT2D eigenvalue weighted by atomic mass is 32.2. The molecule has 0 radical (unpaired) electrons. The Hall–Kier alpha value is -1.18. The van der Waals surface area contributed by atoms with E-state index in [2.05, 4.69) is 5.32 Å². The molecular weight excluding hydrogens is 289 g/mol. The molecule has 0 aliphatic rings. The second-order valence-electron chi connectivity index (χ2n) is 3.97. The Morgan fingerprint density at radius 3 is 1.84 bits per heavy atom. The summed E-state index contributed by atoms with van der Waals surface area (Å²) in [6.45, 7) is 1.59. The molecule has 0 aromatic heterocycles. The third-order valence-electron chi connectivity index (χ3n) is 2.63. The lowest BCUT2D eigenvalue weighted by molar-refractivity contribution is 0.381. The molecule has 0 fully saturated rings. The largest absolute Gasteiger partial charge is 0.380 e. The van der Waals surface area contributed by atoms with Crippen LogP contribution in [-0.2, 0) is 10.8 Å². The van der Waals surface area contributed by atoms with Crippen molar-refractivity contribution in [1.82, 2.24) is 0 Å². The molecule has 0 bridgehead atoms. The Morgan fingerprint density at radius 2 is 1.42 bits per heavy atom. The van der Waals surface area contributed by atoms with Gasteiger partial charge in [-0.15, -0.1) is 0 Å². The fraction of sp³-hybridized carbons (Fsp3) is 0.455. The summed E-state index contributed by atoms with van der Waals surface area (Å²) in [4.78, 5) is 0. The highest BCUT2D eigenvalue weighted by Crippen LogP contribution is 2.27. The summed E-state index contributed by atoms with van der Waals surface area (Å²) in [7, 11) is -1.13. The predicted octanol–water partition coefficient (Wildman–Crippen LogP) is 2.95. The molecule has 2 unspecified atom stereocenters. The molecule has 1 N–H and O–H groups in total. The van der Waals surface area contributed by atoms with Gasteiger partial charge in [0.1, 0.15) is 5.69 Å². The Labute approximate surface area is 109 Å². The molecule has 2 atom stereocenters. The molecule has 1 aromatic rings. The normalized spacial score (nSPS) is 14.3. The third kappa shape index (κ3) is 3.43. The summed E-state index contributed by atoms with van der Waals surface area (Å²) in [5.41, 5.74) is -1.06. The van der Waals surface area contributed by atoms with Crippen LogP contribution in [0.4, 0.5) is 27.6 Å². The first-order valence-electron chi connectivity index (χ1n) is 5.34. The van der Waals surface area contributed by atoms with Crippen molar-refractivity contribution >= 4 is 16.5 Å². The molecule has 0 saturated carbocycles. The van der Waals surface area contributed by atoms with Gasteiger partial charge in [-0.3, -0.25) is 4.21 Å². The zero-order valence-corrected chi connectivity index (χ0v) is 11.0. The summed E-state index contributed by atoms with van der Waals surface area (Å²) in [5, 5.41) is 1.89. The number of hydrogen-bond donors (Lipinski definition) is 1. The van der Waals surface area contributed by atoms with Crippen molar-refractivity contribution in [3.8, 4) is 0 Å². The van der Waals surface area contributed by atoms with Crippen LogP contribution >= 0.6 is 0 Å². The molecule has 1 rings (SSSR count). The fourth-order valence-electron chi connectivity index (χ4n) is 1.33. The molecule has 0 amide bonds. The SMILES string of the molecule is CC(CCNc1c(F)c(F)c(F)c(F)c1F)S(C)=O. The van der Waals surface area contributed by atoms with Crippen molar-refractivity contribution in [2.75, 3.05) is 18.1 Å². The van der Waals surface area contributed by atoms with E-state index in [0.717, 1.165) is 0 Å². The Morgan fingerprint density at radius 1 is 1.00 bits per heavy atom. The zero-order chi connectivity index (χ0) is 14.7. The second kappa shape index (κ2) is 6.31. The van der Waals surface area contributed by atoms with Crippen molar-refractivity contribution in [2.45, 2.75) is 18.6 Å². The lowest BCUT2D eigenvalue weighted by Crippen LogP contribution is -2.17. The van der Waals surface area contributed by atoms with E-state index in [1.807, 2.05) is 0 Å². The second-order valence-corrected chi connectivity index (χ2v) is 5.77. The van der Waals surface area contributed by atoms with Gasteiger partial charge in [0, 0.05) is 28.9 Å². The fourth-order valence-corrected chi connectivity index (χ4v) is 1.78. The molecule has 108 valence electrons. The van der Waals surface area contributed by atoms with Crippen molar-refractivity contribution in [1.29, 1.82) is 0 Å². The van der Waals surface area contributed by atoms with Crippen molar-refractivity contribution in [3.05, 3.63) is 29.1 Å². The van der Waals surface area contributed by atoms with Crippen LogP contribution in [0.5, 0.6) is 0 Å². The summed E-state index contributed by atoms with van der Waals surface area (Å²) in [6.07, 6.45) is 1.73. The van der Waals surface area contributed by atoms with Gasteiger partial charge in [0.15, 0.2) is 23.3 Å². The Bertz CT molecular complexity index is 479. The maximum absolute atomic E-state index is 13.2. The maximum atomic E-state index is 13.2. The van der Waals surface area contributed by atoms with Crippen LogP contribution < -0.4 is 5.32 Å². The molecular formula is C11H12F5NOS. The van der Waals surface area contributed by atoms with Gasteiger partial charge in [0.05, 0.1) is 0 Å². The molecule has 8 heteroatoms. The summed E-state index contributed by atoms with van der Waals surface area (Å²) in [5.74, 6) is -9.98. The van der Waals surface area contributed by atoms with Gasteiger partial charge in [0.2, 0.25) is 5.82 Å². The van der Waals surface area contributed by atoms with Gasteiger partial charge < -0.3 is 5.32 Å². The molecule has 0 heterocycles. The number of nitrogens with one attached hydrogen (secondary N) is 1. The van der Waals surface area contributed by atoms with Crippen molar-refractivity contribution in [2.24, 2.45) is 0 Å². The monoisotopic (exact) mass is 301 g/mol. The molecule has 1 aromatic carbocycles. The van der Waals surface area contributed by atoms with Gasteiger partial charge in [-0.25, -0.2) is 22.0 Å².